The van der Waals surface area contributed by atoms with Crippen LogP contribution in [0.1, 0.15) is 17.0 Å². The Labute approximate surface area is 179 Å². The fourth-order valence-electron chi connectivity index (χ4n) is 3.20. The van der Waals surface area contributed by atoms with Crippen molar-refractivity contribution in [1.82, 2.24) is 25.5 Å². The number of carbonyl (C=O) groups is 1. The highest BCUT2D eigenvalue weighted by Gasteiger charge is 2.22. The first-order valence-electron chi connectivity index (χ1n) is 9.67. The molecular weight excluding hydrogens is 394 g/mol. The topological polar surface area (TPSA) is 72.7 Å². The van der Waals surface area contributed by atoms with E-state index in [1.807, 2.05) is 91.0 Å². The summed E-state index contributed by atoms with van der Waals surface area (Å²) in [5.74, 6) is 0.303. The van der Waals surface area contributed by atoms with Crippen LogP contribution >= 0.6 is 11.8 Å². The maximum atomic E-state index is 13.0. The van der Waals surface area contributed by atoms with Gasteiger partial charge in [-0.25, -0.2) is 0 Å². The molecule has 1 heterocycles. The molecule has 0 spiro atoms. The van der Waals surface area contributed by atoms with Gasteiger partial charge in [0.1, 0.15) is 0 Å². The molecule has 6 nitrogen and oxygen atoms in total. The highest BCUT2D eigenvalue weighted by Crippen LogP contribution is 2.25. The van der Waals surface area contributed by atoms with E-state index in [0.717, 1.165) is 16.8 Å². The highest BCUT2D eigenvalue weighted by molar-refractivity contribution is 7.99. The van der Waals surface area contributed by atoms with Crippen molar-refractivity contribution in [2.24, 2.45) is 0 Å². The van der Waals surface area contributed by atoms with Gasteiger partial charge in [0.05, 0.1) is 11.6 Å². The van der Waals surface area contributed by atoms with Gasteiger partial charge in [-0.15, -0.1) is 5.10 Å². The normalized spacial score (nSPS) is 10.8. The van der Waals surface area contributed by atoms with E-state index in [1.54, 1.807) is 4.68 Å². The summed E-state index contributed by atoms with van der Waals surface area (Å²) in [4.78, 5) is 13.0. The maximum absolute atomic E-state index is 13.0. The van der Waals surface area contributed by atoms with Crippen LogP contribution in [-0.4, -0.2) is 38.4 Å². The number of para-hydroxylation sites is 1. The molecule has 0 atom stereocenters. The Morgan fingerprint density at radius 1 is 0.867 bits per heavy atom. The second-order valence-electron chi connectivity index (χ2n) is 6.60. The predicted octanol–water partition coefficient (Wildman–Crippen LogP) is 3.70. The number of rotatable bonds is 8. The molecule has 3 aromatic carbocycles. The molecule has 0 aliphatic carbocycles. The Bertz CT molecular complexity index is 1030. The second kappa shape index (κ2) is 9.84. The molecule has 4 aromatic rings. The third-order valence-corrected chi connectivity index (χ3v) is 5.52. The summed E-state index contributed by atoms with van der Waals surface area (Å²) >= 11 is 1.51. The minimum absolute atomic E-state index is 0.0179. The molecule has 0 fully saturated rings. The number of hydrogen-bond donors (Lipinski definition) is 1. The van der Waals surface area contributed by atoms with E-state index in [4.69, 9.17) is 0 Å². The van der Waals surface area contributed by atoms with Crippen LogP contribution in [0.25, 0.3) is 5.69 Å². The number of thioether (sulfide) groups is 1. The van der Waals surface area contributed by atoms with Crippen molar-refractivity contribution in [2.75, 3.05) is 12.3 Å². The van der Waals surface area contributed by atoms with E-state index < -0.39 is 0 Å². The SMILES string of the molecule is O=C(NCCSc1nnnn1-c1ccccc1)C(c1ccccc1)c1ccccc1. The minimum atomic E-state index is -0.341. The van der Waals surface area contributed by atoms with Crippen LogP contribution in [0.3, 0.4) is 0 Å². The number of nitrogens with one attached hydrogen (secondary N) is 1. The maximum Gasteiger partial charge on any atom is 0.232 e. The standard InChI is InChI=1S/C23H21N5OS/c29-22(21(18-10-4-1-5-11-18)19-12-6-2-7-13-19)24-16-17-30-23-25-26-27-28(23)20-14-8-3-9-15-20/h1-15,21H,16-17H2,(H,24,29). The summed E-state index contributed by atoms with van der Waals surface area (Å²) in [5.41, 5.74) is 2.85. The van der Waals surface area contributed by atoms with Gasteiger partial charge in [-0.3, -0.25) is 4.79 Å². The van der Waals surface area contributed by atoms with Crippen molar-refractivity contribution in [3.8, 4) is 5.69 Å². The monoisotopic (exact) mass is 415 g/mol. The molecule has 0 saturated carbocycles. The first kappa shape index (κ1) is 19.8. The summed E-state index contributed by atoms with van der Waals surface area (Å²) in [6.07, 6.45) is 0. The van der Waals surface area contributed by atoms with Crippen LogP contribution < -0.4 is 5.32 Å². The molecule has 0 radical (unpaired) electrons. The minimum Gasteiger partial charge on any atom is -0.354 e. The lowest BCUT2D eigenvalue weighted by molar-refractivity contribution is -0.121. The van der Waals surface area contributed by atoms with E-state index in [9.17, 15) is 4.79 Å². The number of nitrogens with zero attached hydrogens (tertiary/aromatic N) is 4. The lowest BCUT2D eigenvalue weighted by atomic mass is 9.90. The molecule has 30 heavy (non-hydrogen) atoms. The first-order chi connectivity index (χ1) is 14.8. The van der Waals surface area contributed by atoms with Gasteiger partial charge in [0.2, 0.25) is 11.1 Å². The molecule has 1 N–H and O–H groups in total. The van der Waals surface area contributed by atoms with Gasteiger partial charge in [0.15, 0.2) is 0 Å². The fraction of sp³-hybridized carbons (Fsp3) is 0.130. The van der Waals surface area contributed by atoms with Crippen molar-refractivity contribution in [3.63, 3.8) is 0 Å². The molecule has 0 unspecified atom stereocenters. The Hall–Kier alpha value is -3.45. The Morgan fingerprint density at radius 2 is 1.43 bits per heavy atom. The van der Waals surface area contributed by atoms with E-state index in [1.165, 1.54) is 11.8 Å². The van der Waals surface area contributed by atoms with Gasteiger partial charge in [-0.1, -0.05) is 90.6 Å². The molecule has 1 aromatic heterocycles. The molecular formula is C23H21N5OS. The van der Waals surface area contributed by atoms with E-state index >= 15 is 0 Å². The van der Waals surface area contributed by atoms with Gasteiger partial charge in [0, 0.05) is 12.3 Å². The van der Waals surface area contributed by atoms with E-state index in [-0.39, 0.29) is 11.8 Å². The van der Waals surface area contributed by atoms with Crippen molar-refractivity contribution in [1.29, 1.82) is 0 Å². The van der Waals surface area contributed by atoms with Gasteiger partial charge >= 0.3 is 0 Å². The molecule has 0 saturated heterocycles. The van der Waals surface area contributed by atoms with Crippen LogP contribution in [0.2, 0.25) is 0 Å². The van der Waals surface area contributed by atoms with Gasteiger partial charge in [-0.2, -0.15) is 4.68 Å². The highest BCUT2D eigenvalue weighted by atomic mass is 32.2. The summed E-state index contributed by atoms with van der Waals surface area (Å²) in [6, 6.07) is 29.4. The van der Waals surface area contributed by atoms with Crippen molar-refractivity contribution in [2.45, 2.75) is 11.1 Å². The van der Waals surface area contributed by atoms with Gasteiger partial charge < -0.3 is 5.32 Å². The number of tetrazole rings is 1. The third-order valence-electron chi connectivity index (χ3n) is 4.60. The summed E-state index contributed by atoms with van der Waals surface area (Å²) < 4.78 is 1.70. The quantitative estimate of drug-likeness (QED) is 0.351. The van der Waals surface area contributed by atoms with E-state index in [0.29, 0.717) is 17.5 Å². The van der Waals surface area contributed by atoms with Gasteiger partial charge in [0.25, 0.3) is 0 Å². The number of carbonyl (C=O) groups excluding carboxylic acids is 1. The summed E-state index contributed by atoms with van der Waals surface area (Å²) in [5, 5.41) is 15.7. The van der Waals surface area contributed by atoms with Crippen molar-refractivity contribution in [3.05, 3.63) is 102 Å². The van der Waals surface area contributed by atoms with Crippen LogP contribution in [0, 0.1) is 0 Å². The van der Waals surface area contributed by atoms with Crippen LogP contribution in [0.4, 0.5) is 0 Å². The molecule has 0 aliphatic rings. The van der Waals surface area contributed by atoms with Crippen LogP contribution in [0.15, 0.2) is 96.2 Å². The second-order valence-corrected chi connectivity index (χ2v) is 7.66. The molecule has 0 aliphatic heterocycles. The lowest BCUT2D eigenvalue weighted by Crippen LogP contribution is -2.31. The van der Waals surface area contributed by atoms with Crippen molar-refractivity contribution >= 4 is 17.7 Å². The fourth-order valence-corrected chi connectivity index (χ4v) is 3.95. The molecule has 4 rings (SSSR count). The third kappa shape index (κ3) is 4.75. The zero-order chi connectivity index (χ0) is 20.6. The smallest absolute Gasteiger partial charge is 0.232 e. The largest absolute Gasteiger partial charge is 0.354 e. The number of hydrogen-bond acceptors (Lipinski definition) is 5. The molecule has 150 valence electrons. The zero-order valence-electron chi connectivity index (χ0n) is 16.3. The Kier molecular flexibility index (Phi) is 6.51. The van der Waals surface area contributed by atoms with Crippen molar-refractivity contribution < 1.29 is 4.79 Å². The number of benzene rings is 3. The first-order valence-corrected chi connectivity index (χ1v) is 10.7. The molecule has 7 heteroatoms. The summed E-state index contributed by atoms with van der Waals surface area (Å²) in [6.45, 7) is 0.515. The van der Waals surface area contributed by atoms with E-state index in [2.05, 4.69) is 20.8 Å². The predicted molar refractivity (Wildman–Crippen MR) is 118 cm³/mol. The van der Waals surface area contributed by atoms with Crippen LogP contribution in [0.5, 0.6) is 0 Å². The number of aromatic nitrogens is 4. The molecule has 0 bridgehead atoms. The zero-order valence-corrected chi connectivity index (χ0v) is 17.1. The molecule has 1 amide bonds. The van der Waals surface area contributed by atoms with Crippen LogP contribution in [-0.2, 0) is 4.79 Å². The Balaban J connectivity index is 1.39. The Morgan fingerprint density at radius 3 is 2.03 bits per heavy atom. The average molecular weight is 416 g/mol. The lowest BCUT2D eigenvalue weighted by Gasteiger charge is -2.17. The average Bonchev–Trinajstić information content (AvgIpc) is 3.28. The van der Waals surface area contributed by atoms with Gasteiger partial charge in [-0.05, 0) is 33.7 Å². The number of amides is 1. The summed E-state index contributed by atoms with van der Waals surface area (Å²) in [7, 11) is 0.